The van der Waals surface area contributed by atoms with Crippen molar-refractivity contribution in [2.45, 2.75) is 43.6 Å². The topological polar surface area (TPSA) is 92.8 Å². The lowest BCUT2D eigenvalue weighted by Gasteiger charge is -2.28. The highest BCUT2D eigenvalue weighted by atomic mass is 32.2. The number of halogens is 1. The van der Waals surface area contributed by atoms with Crippen molar-refractivity contribution in [3.05, 3.63) is 54.3 Å². The molecule has 1 amide bonds. The largest absolute Gasteiger partial charge is 0.453 e. The number of nitrogens with one attached hydrogen (secondary N) is 1. The van der Waals surface area contributed by atoms with E-state index in [1.54, 1.807) is 12.1 Å². The maximum atomic E-state index is 13.0. The molecule has 1 heterocycles. The summed E-state index contributed by atoms with van der Waals surface area (Å²) in [6, 6.07) is 11.8. The smallest absolute Gasteiger partial charge is 0.307 e. The van der Waals surface area contributed by atoms with E-state index in [1.807, 2.05) is 12.1 Å². The first kappa shape index (κ1) is 23.7. The Balaban J connectivity index is 1.47. The maximum absolute atomic E-state index is 13.0. The van der Waals surface area contributed by atoms with Gasteiger partial charge < -0.3 is 15.0 Å². The third-order valence-corrected chi connectivity index (χ3v) is 7.01. The van der Waals surface area contributed by atoms with Crippen LogP contribution < -0.4 is 10.2 Å². The van der Waals surface area contributed by atoms with E-state index in [-0.39, 0.29) is 4.90 Å². The van der Waals surface area contributed by atoms with Crippen LogP contribution in [0.4, 0.5) is 15.8 Å². The van der Waals surface area contributed by atoms with Gasteiger partial charge in [-0.1, -0.05) is 0 Å². The number of rotatable bonds is 8. The Labute approximate surface area is 187 Å². The van der Waals surface area contributed by atoms with Crippen LogP contribution in [0.25, 0.3) is 0 Å². The SMILES string of the molecule is CC(OC(=O)CCS(=O)(=O)c1ccc(F)cc1)C(=O)Nc1ccc(N2CCCCC2)cc1. The molecule has 1 aliphatic rings. The van der Waals surface area contributed by atoms with Crippen LogP contribution in [0.1, 0.15) is 32.6 Å². The van der Waals surface area contributed by atoms with Crippen LogP contribution in [-0.2, 0) is 24.2 Å². The number of benzene rings is 2. The van der Waals surface area contributed by atoms with Crippen LogP contribution in [0.2, 0.25) is 0 Å². The minimum absolute atomic E-state index is 0.0782. The number of carbonyl (C=O) groups is 2. The molecule has 0 spiro atoms. The second kappa shape index (κ2) is 10.6. The highest BCUT2D eigenvalue weighted by molar-refractivity contribution is 7.91. The zero-order valence-corrected chi connectivity index (χ0v) is 18.7. The van der Waals surface area contributed by atoms with Crippen molar-refractivity contribution in [1.82, 2.24) is 0 Å². The number of hydrogen-bond donors (Lipinski definition) is 1. The Bertz CT molecular complexity index is 1030. The summed E-state index contributed by atoms with van der Waals surface area (Å²) in [6.45, 7) is 3.47. The van der Waals surface area contributed by atoms with E-state index < -0.39 is 45.8 Å². The molecule has 2 aromatic rings. The molecule has 1 atom stereocenters. The van der Waals surface area contributed by atoms with Gasteiger partial charge in [0.15, 0.2) is 15.9 Å². The van der Waals surface area contributed by atoms with Crippen molar-refractivity contribution in [1.29, 1.82) is 0 Å². The van der Waals surface area contributed by atoms with E-state index in [2.05, 4.69) is 10.2 Å². The quantitative estimate of drug-likeness (QED) is 0.476. The van der Waals surface area contributed by atoms with Crippen LogP contribution in [-0.4, -0.2) is 45.2 Å². The van der Waals surface area contributed by atoms with Gasteiger partial charge in [0, 0.05) is 24.5 Å². The molecule has 0 aromatic heterocycles. The van der Waals surface area contributed by atoms with Crippen molar-refractivity contribution >= 4 is 33.1 Å². The third-order valence-electron chi connectivity index (χ3n) is 5.28. The van der Waals surface area contributed by atoms with Crippen molar-refractivity contribution < 1.29 is 27.1 Å². The van der Waals surface area contributed by atoms with Gasteiger partial charge in [-0.3, -0.25) is 9.59 Å². The van der Waals surface area contributed by atoms with Crippen LogP contribution in [0, 0.1) is 5.82 Å². The van der Waals surface area contributed by atoms with E-state index in [0.29, 0.717) is 5.69 Å². The van der Waals surface area contributed by atoms with Crippen LogP contribution in [0.3, 0.4) is 0 Å². The zero-order valence-electron chi connectivity index (χ0n) is 17.9. The number of anilines is 2. The van der Waals surface area contributed by atoms with Gasteiger partial charge in [-0.2, -0.15) is 0 Å². The van der Waals surface area contributed by atoms with Gasteiger partial charge in [0.25, 0.3) is 5.91 Å². The summed E-state index contributed by atoms with van der Waals surface area (Å²) < 4.78 is 42.5. The second-order valence-electron chi connectivity index (χ2n) is 7.74. The van der Waals surface area contributed by atoms with E-state index in [0.717, 1.165) is 43.0 Å². The Morgan fingerprint density at radius 2 is 1.66 bits per heavy atom. The number of nitrogens with zero attached hydrogens (tertiary/aromatic N) is 1. The van der Waals surface area contributed by atoms with Gasteiger partial charge in [0.1, 0.15) is 5.82 Å². The van der Waals surface area contributed by atoms with E-state index in [4.69, 9.17) is 4.74 Å². The summed E-state index contributed by atoms with van der Waals surface area (Å²) >= 11 is 0. The minimum Gasteiger partial charge on any atom is -0.453 e. The predicted octanol–water partition coefficient (Wildman–Crippen LogP) is 3.55. The van der Waals surface area contributed by atoms with Crippen molar-refractivity contribution in [2.24, 2.45) is 0 Å². The lowest BCUT2D eigenvalue weighted by atomic mass is 10.1. The van der Waals surface area contributed by atoms with Crippen LogP contribution >= 0.6 is 0 Å². The molecular formula is C23H27FN2O5S. The number of piperidine rings is 1. The summed E-state index contributed by atoms with van der Waals surface area (Å²) in [5.74, 6) is -2.36. The van der Waals surface area contributed by atoms with Gasteiger partial charge in [-0.15, -0.1) is 0 Å². The standard InChI is InChI=1S/C23H27FN2O5S/c1-17(31-22(27)13-16-32(29,30)21-11-5-18(24)6-12-21)23(28)25-19-7-9-20(10-8-19)26-14-3-2-4-15-26/h5-12,17H,2-4,13-16H2,1H3,(H,25,28). The third kappa shape index (κ3) is 6.53. The fourth-order valence-corrected chi connectivity index (χ4v) is 4.66. The number of ether oxygens (including phenoxy) is 1. The van der Waals surface area contributed by atoms with E-state index >= 15 is 0 Å². The Kier molecular flexibility index (Phi) is 7.84. The van der Waals surface area contributed by atoms with Crippen molar-refractivity contribution in [3.8, 4) is 0 Å². The molecule has 1 saturated heterocycles. The summed E-state index contributed by atoms with van der Waals surface area (Å²) in [6.07, 6.45) is 2.10. The molecule has 0 saturated carbocycles. The van der Waals surface area contributed by atoms with E-state index in [1.165, 1.54) is 26.2 Å². The molecule has 1 fully saturated rings. The monoisotopic (exact) mass is 462 g/mol. The normalized spacial score (nSPS) is 15.1. The summed E-state index contributed by atoms with van der Waals surface area (Å²) in [4.78, 5) is 26.6. The first-order valence-electron chi connectivity index (χ1n) is 10.6. The van der Waals surface area contributed by atoms with Gasteiger partial charge in [0.2, 0.25) is 0 Å². The fraction of sp³-hybridized carbons (Fsp3) is 0.391. The van der Waals surface area contributed by atoms with Crippen molar-refractivity contribution in [2.75, 3.05) is 29.1 Å². The maximum Gasteiger partial charge on any atom is 0.307 e. The van der Waals surface area contributed by atoms with Gasteiger partial charge in [-0.25, -0.2) is 12.8 Å². The number of hydrogen-bond acceptors (Lipinski definition) is 6. The Morgan fingerprint density at radius 3 is 2.28 bits per heavy atom. The van der Waals surface area contributed by atoms with Crippen molar-refractivity contribution in [3.63, 3.8) is 0 Å². The molecule has 172 valence electrons. The van der Waals surface area contributed by atoms with E-state index in [9.17, 15) is 22.4 Å². The second-order valence-corrected chi connectivity index (χ2v) is 9.85. The van der Waals surface area contributed by atoms with Crippen LogP contribution in [0.15, 0.2) is 53.4 Å². The average Bonchev–Trinajstić information content (AvgIpc) is 2.79. The molecule has 0 aliphatic carbocycles. The molecule has 0 bridgehead atoms. The van der Waals surface area contributed by atoms with Crippen LogP contribution in [0.5, 0.6) is 0 Å². The first-order chi connectivity index (χ1) is 15.2. The van der Waals surface area contributed by atoms with Gasteiger partial charge in [-0.05, 0) is 74.7 Å². The number of carbonyl (C=O) groups excluding carboxylic acids is 2. The number of sulfone groups is 1. The molecule has 1 aliphatic heterocycles. The molecule has 1 N–H and O–H groups in total. The molecule has 2 aromatic carbocycles. The molecule has 7 nitrogen and oxygen atoms in total. The first-order valence-corrected chi connectivity index (χ1v) is 12.2. The molecule has 0 radical (unpaired) electrons. The highest BCUT2D eigenvalue weighted by Crippen LogP contribution is 2.22. The zero-order chi connectivity index (χ0) is 23.1. The summed E-state index contributed by atoms with van der Waals surface area (Å²) in [5.41, 5.74) is 1.68. The lowest BCUT2D eigenvalue weighted by molar-refractivity contribution is -0.152. The molecule has 9 heteroatoms. The summed E-state index contributed by atoms with van der Waals surface area (Å²) in [5, 5.41) is 2.69. The Hall–Kier alpha value is -2.94. The molecule has 1 unspecified atom stereocenters. The molecular weight excluding hydrogens is 435 g/mol. The Morgan fingerprint density at radius 1 is 1.03 bits per heavy atom. The number of esters is 1. The van der Waals surface area contributed by atoms with Gasteiger partial charge in [0.05, 0.1) is 17.1 Å². The fourth-order valence-electron chi connectivity index (χ4n) is 3.44. The molecule has 3 rings (SSSR count). The lowest BCUT2D eigenvalue weighted by Crippen LogP contribution is -2.31. The molecule has 32 heavy (non-hydrogen) atoms. The number of amides is 1. The predicted molar refractivity (Wildman–Crippen MR) is 120 cm³/mol. The summed E-state index contributed by atoms with van der Waals surface area (Å²) in [7, 11) is -3.76. The minimum atomic E-state index is -3.76. The van der Waals surface area contributed by atoms with Gasteiger partial charge >= 0.3 is 5.97 Å². The average molecular weight is 463 g/mol. The highest BCUT2D eigenvalue weighted by Gasteiger charge is 2.21.